The molecular formula is C12H9ClN4O3. The second-order valence-corrected chi connectivity index (χ2v) is 4.17. The third kappa shape index (κ3) is 2.83. The van der Waals surface area contributed by atoms with Crippen LogP contribution in [0, 0.1) is 15.5 Å². The molecule has 7 nitrogen and oxygen atoms in total. The van der Waals surface area contributed by atoms with Gasteiger partial charge in [0.15, 0.2) is 5.75 Å². The average Bonchev–Trinajstić information content (AvgIpc) is 2.38. The highest BCUT2D eigenvalue weighted by atomic mass is 35.5. The zero-order valence-electron chi connectivity index (χ0n) is 10.0. The first kappa shape index (κ1) is 13.8. The van der Waals surface area contributed by atoms with Crippen molar-refractivity contribution >= 4 is 23.1 Å². The van der Waals surface area contributed by atoms with Crippen LogP contribution in [-0.4, -0.2) is 15.7 Å². The molecule has 1 aromatic carbocycles. The van der Waals surface area contributed by atoms with E-state index in [0.29, 0.717) is 5.56 Å². The van der Waals surface area contributed by atoms with Gasteiger partial charge in [-0.2, -0.15) is 0 Å². The van der Waals surface area contributed by atoms with E-state index in [1.54, 1.807) is 0 Å². The fraction of sp³-hybridized carbons (Fsp3) is 0. The number of nitrogens with one attached hydrogen (secondary N) is 1. The lowest BCUT2D eigenvalue weighted by Crippen LogP contribution is -2.12. The number of aromatic nitrogens is 1. The lowest BCUT2D eigenvalue weighted by Gasteiger charge is -2.09. The summed E-state index contributed by atoms with van der Waals surface area (Å²) in [4.78, 5) is 13.9. The summed E-state index contributed by atoms with van der Waals surface area (Å²) < 4.78 is 5.50. The van der Waals surface area contributed by atoms with E-state index in [4.69, 9.17) is 27.5 Å². The first-order valence-corrected chi connectivity index (χ1v) is 5.77. The number of pyridine rings is 1. The van der Waals surface area contributed by atoms with Gasteiger partial charge in [-0.15, -0.1) is 0 Å². The van der Waals surface area contributed by atoms with E-state index < -0.39 is 4.92 Å². The quantitative estimate of drug-likeness (QED) is 0.389. The summed E-state index contributed by atoms with van der Waals surface area (Å²) in [7, 11) is 0. The summed E-state index contributed by atoms with van der Waals surface area (Å²) in [5, 5.41) is 18.0. The Hall–Kier alpha value is -2.67. The number of hydrogen-bond acceptors (Lipinski definition) is 5. The molecule has 1 aromatic heterocycles. The molecular weight excluding hydrogens is 284 g/mol. The molecule has 1 heterocycles. The maximum absolute atomic E-state index is 10.7. The van der Waals surface area contributed by atoms with Gasteiger partial charge in [-0.05, 0) is 12.1 Å². The molecule has 0 bridgehead atoms. The third-order valence-electron chi connectivity index (χ3n) is 2.42. The Bertz CT molecular complexity index is 690. The van der Waals surface area contributed by atoms with E-state index in [1.165, 1.54) is 36.7 Å². The van der Waals surface area contributed by atoms with Crippen LogP contribution >= 0.6 is 11.6 Å². The molecule has 0 fully saturated rings. The van der Waals surface area contributed by atoms with Gasteiger partial charge in [-0.25, -0.2) is 0 Å². The molecule has 0 amide bonds. The number of halogens is 1. The van der Waals surface area contributed by atoms with Crippen molar-refractivity contribution in [1.82, 2.24) is 4.98 Å². The molecule has 0 spiro atoms. The smallest absolute Gasteiger partial charge is 0.288 e. The molecule has 3 N–H and O–H groups in total. The van der Waals surface area contributed by atoms with Crippen molar-refractivity contribution in [3.63, 3.8) is 0 Å². The van der Waals surface area contributed by atoms with Crippen LogP contribution in [0.3, 0.4) is 0 Å². The summed E-state index contributed by atoms with van der Waals surface area (Å²) in [5.74, 6) is 0.386. The summed E-state index contributed by atoms with van der Waals surface area (Å²) in [5.41, 5.74) is 5.58. The molecule has 0 saturated heterocycles. The minimum Gasteiger partial charge on any atom is -0.455 e. The van der Waals surface area contributed by atoms with Gasteiger partial charge in [0, 0.05) is 18.3 Å². The van der Waals surface area contributed by atoms with Crippen molar-refractivity contribution in [2.24, 2.45) is 5.73 Å². The van der Waals surface area contributed by atoms with E-state index >= 15 is 0 Å². The highest BCUT2D eigenvalue weighted by Gasteiger charge is 2.14. The molecule has 0 saturated carbocycles. The summed E-state index contributed by atoms with van der Waals surface area (Å²) in [6, 6.07) is 5.49. The number of ether oxygens (including phenoxy) is 1. The molecule has 0 radical (unpaired) electrons. The number of nitrogens with two attached hydrogens (primary N) is 1. The normalized spacial score (nSPS) is 10.1. The second kappa shape index (κ2) is 5.54. The van der Waals surface area contributed by atoms with Crippen molar-refractivity contribution in [2.75, 3.05) is 0 Å². The van der Waals surface area contributed by atoms with Gasteiger partial charge in [0.05, 0.1) is 16.7 Å². The molecule has 102 valence electrons. The molecule has 0 unspecified atom stereocenters. The Kier molecular flexibility index (Phi) is 3.81. The van der Waals surface area contributed by atoms with Crippen molar-refractivity contribution < 1.29 is 9.66 Å². The van der Waals surface area contributed by atoms with Crippen LogP contribution in [0.1, 0.15) is 5.56 Å². The predicted molar refractivity (Wildman–Crippen MR) is 73.4 cm³/mol. The maximum Gasteiger partial charge on any atom is 0.288 e. The van der Waals surface area contributed by atoms with Crippen LogP contribution in [0.2, 0.25) is 5.02 Å². The van der Waals surface area contributed by atoms with Crippen LogP contribution in [0.15, 0.2) is 36.7 Å². The average molecular weight is 293 g/mol. The Morgan fingerprint density at radius 1 is 1.45 bits per heavy atom. The number of rotatable bonds is 4. The minimum absolute atomic E-state index is 0.0410. The van der Waals surface area contributed by atoms with Crippen LogP contribution in [-0.2, 0) is 0 Å². The largest absolute Gasteiger partial charge is 0.455 e. The molecule has 8 heteroatoms. The number of nitrogen functional groups attached to an aromatic ring is 1. The zero-order chi connectivity index (χ0) is 14.7. The van der Waals surface area contributed by atoms with Crippen LogP contribution < -0.4 is 10.5 Å². The molecule has 2 aromatic rings. The fourth-order valence-electron chi connectivity index (χ4n) is 1.51. The van der Waals surface area contributed by atoms with Crippen molar-refractivity contribution in [3.8, 4) is 11.5 Å². The number of nitro benzene ring substituents is 1. The predicted octanol–water partition coefficient (Wildman–Crippen LogP) is 2.72. The Morgan fingerprint density at radius 2 is 2.20 bits per heavy atom. The first-order chi connectivity index (χ1) is 9.49. The van der Waals surface area contributed by atoms with Crippen molar-refractivity contribution in [1.29, 1.82) is 5.41 Å². The Labute approximate surface area is 118 Å². The SMILES string of the molecule is N=C(N)c1ccncc1Oc1ccc([N+](=O)[O-])c(Cl)c1. The molecule has 0 aliphatic heterocycles. The third-order valence-corrected chi connectivity index (χ3v) is 2.72. The number of amidine groups is 1. The number of nitro groups is 1. The van der Waals surface area contributed by atoms with Gasteiger partial charge in [-0.3, -0.25) is 20.5 Å². The lowest BCUT2D eigenvalue weighted by atomic mass is 10.2. The molecule has 0 atom stereocenters. The van der Waals surface area contributed by atoms with Gasteiger partial charge in [0.25, 0.3) is 5.69 Å². The van der Waals surface area contributed by atoms with Gasteiger partial charge in [-0.1, -0.05) is 11.6 Å². The second-order valence-electron chi connectivity index (χ2n) is 3.76. The summed E-state index contributed by atoms with van der Waals surface area (Å²) >= 11 is 5.79. The van der Waals surface area contributed by atoms with E-state index in [1.807, 2.05) is 0 Å². The van der Waals surface area contributed by atoms with Crippen LogP contribution in [0.4, 0.5) is 5.69 Å². The van der Waals surface area contributed by atoms with E-state index in [9.17, 15) is 10.1 Å². The van der Waals surface area contributed by atoms with Gasteiger partial charge in [0.1, 0.15) is 16.6 Å². The molecule has 0 aliphatic carbocycles. The van der Waals surface area contributed by atoms with E-state index in [2.05, 4.69) is 4.98 Å². The maximum atomic E-state index is 10.7. The molecule has 20 heavy (non-hydrogen) atoms. The highest BCUT2D eigenvalue weighted by Crippen LogP contribution is 2.31. The van der Waals surface area contributed by atoms with E-state index in [-0.39, 0.29) is 28.0 Å². The number of nitrogens with zero attached hydrogens (tertiary/aromatic N) is 2. The highest BCUT2D eigenvalue weighted by molar-refractivity contribution is 6.32. The Balaban J connectivity index is 2.34. The molecule has 2 rings (SSSR count). The summed E-state index contributed by atoms with van der Waals surface area (Å²) in [6.45, 7) is 0. The van der Waals surface area contributed by atoms with Crippen LogP contribution in [0.5, 0.6) is 11.5 Å². The number of benzene rings is 1. The fourth-order valence-corrected chi connectivity index (χ4v) is 1.75. The van der Waals surface area contributed by atoms with Crippen LogP contribution in [0.25, 0.3) is 0 Å². The molecule has 0 aliphatic rings. The van der Waals surface area contributed by atoms with Gasteiger partial charge < -0.3 is 10.5 Å². The van der Waals surface area contributed by atoms with Gasteiger partial charge in [0.2, 0.25) is 0 Å². The van der Waals surface area contributed by atoms with Gasteiger partial charge >= 0.3 is 0 Å². The summed E-state index contributed by atoms with van der Waals surface area (Å²) in [6.07, 6.45) is 2.87. The monoisotopic (exact) mass is 292 g/mol. The zero-order valence-corrected chi connectivity index (χ0v) is 10.8. The topological polar surface area (TPSA) is 115 Å². The van der Waals surface area contributed by atoms with Crippen molar-refractivity contribution in [2.45, 2.75) is 0 Å². The first-order valence-electron chi connectivity index (χ1n) is 5.39. The van der Waals surface area contributed by atoms with Crippen molar-refractivity contribution in [3.05, 3.63) is 57.4 Å². The minimum atomic E-state index is -0.586. The van der Waals surface area contributed by atoms with E-state index in [0.717, 1.165) is 0 Å². The lowest BCUT2D eigenvalue weighted by molar-refractivity contribution is -0.384. The Morgan fingerprint density at radius 3 is 2.80 bits per heavy atom. The number of hydrogen-bond donors (Lipinski definition) is 2. The standard InChI is InChI=1S/C12H9ClN4O3/c13-9-5-7(1-2-10(9)17(18)19)20-11-6-16-4-3-8(11)12(14)15/h1-6H,(H3,14,15).